The average Bonchev–Trinajstić information content (AvgIpc) is 3.16. The van der Waals surface area contributed by atoms with Crippen LogP contribution >= 0.6 is 11.6 Å². The third-order valence-corrected chi connectivity index (χ3v) is 6.79. The minimum absolute atomic E-state index is 0.0494. The van der Waals surface area contributed by atoms with Crippen LogP contribution in [0.25, 0.3) is 0 Å². The highest BCUT2D eigenvalue weighted by Gasteiger charge is 2.58. The van der Waals surface area contributed by atoms with E-state index >= 15 is 0 Å². The van der Waals surface area contributed by atoms with Crippen LogP contribution in [-0.4, -0.2) is 16.9 Å². The molecule has 152 valence electrons. The number of nitrogens with two attached hydrogens (primary N) is 1. The van der Waals surface area contributed by atoms with E-state index in [-0.39, 0.29) is 22.6 Å². The second kappa shape index (κ2) is 7.67. The van der Waals surface area contributed by atoms with Crippen molar-refractivity contribution in [3.8, 4) is 0 Å². The number of hydrogen-bond acceptors (Lipinski definition) is 4. The van der Waals surface area contributed by atoms with Crippen molar-refractivity contribution >= 4 is 28.9 Å². The second-order valence-corrected chi connectivity index (χ2v) is 8.54. The van der Waals surface area contributed by atoms with E-state index in [1.807, 2.05) is 18.2 Å². The zero-order valence-corrected chi connectivity index (χ0v) is 16.9. The number of nitro groups is 1. The lowest BCUT2D eigenvalue weighted by Crippen LogP contribution is -2.21. The molecule has 0 aromatic heterocycles. The van der Waals surface area contributed by atoms with Crippen molar-refractivity contribution in [1.82, 2.24) is 0 Å². The number of nitrogens with one attached hydrogen (secondary N) is 1. The van der Waals surface area contributed by atoms with Crippen molar-refractivity contribution in [3.05, 3.63) is 68.7 Å². The number of amides is 1. The van der Waals surface area contributed by atoms with Gasteiger partial charge in [0.1, 0.15) is 5.69 Å². The first-order chi connectivity index (χ1) is 13.9. The number of rotatable bonds is 7. The van der Waals surface area contributed by atoms with Crippen LogP contribution in [0.4, 0.5) is 11.4 Å². The number of hydrogen-bond donors (Lipinski definition) is 2. The molecule has 1 amide bonds. The monoisotopic (exact) mass is 413 g/mol. The third kappa shape index (κ3) is 3.69. The van der Waals surface area contributed by atoms with E-state index < -0.39 is 0 Å². The molecule has 6 nitrogen and oxygen atoms in total. The van der Waals surface area contributed by atoms with Gasteiger partial charge in [0.25, 0.3) is 5.69 Å². The van der Waals surface area contributed by atoms with E-state index in [0.29, 0.717) is 39.9 Å². The molecule has 3 atom stereocenters. The van der Waals surface area contributed by atoms with Gasteiger partial charge in [-0.05, 0) is 66.7 Å². The van der Waals surface area contributed by atoms with Gasteiger partial charge < -0.3 is 11.1 Å². The van der Waals surface area contributed by atoms with E-state index in [9.17, 15) is 14.9 Å². The molecule has 2 aliphatic carbocycles. The molecule has 0 saturated heterocycles. The number of anilines is 1. The summed E-state index contributed by atoms with van der Waals surface area (Å²) in [4.78, 5) is 22.8. The number of carbonyl (C=O) groups is 1. The number of benzene rings is 2. The summed E-state index contributed by atoms with van der Waals surface area (Å²) in [6.45, 7) is 2.15. The lowest BCUT2D eigenvalue weighted by molar-refractivity contribution is -0.384. The van der Waals surface area contributed by atoms with Crippen molar-refractivity contribution in [2.75, 3.05) is 5.32 Å². The molecule has 7 heteroatoms. The Hall–Kier alpha value is -2.60. The van der Waals surface area contributed by atoms with Crippen LogP contribution in [0.1, 0.15) is 48.0 Å². The minimum Gasteiger partial charge on any atom is -0.377 e. The van der Waals surface area contributed by atoms with Crippen LogP contribution in [0.3, 0.4) is 0 Å². The fraction of sp³-hybridized carbons (Fsp3) is 0.409. The van der Waals surface area contributed by atoms with Crippen LogP contribution < -0.4 is 11.1 Å². The van der Waals surface area contributed by atoms with Crippen molar-refractivity contribution in [1.29, 1.82) is 0 Å². The van der Waals surface area contributed by atoms with Crippen LogP contribution in [0.15, 0.2) is 42.5 Å². The van der Waals surface area contributed by atoms with Gasteiger partial charge >= 0.3 is 0 Å². The molecule has 0 bridgehead atoms. The maximum Gasteiger partial charge on any atom is 0.292 e. The molecule has 2 aromatic rings. The van der Waals surface area contributed by atoms with Gasteiger partial charge in [-0.25, -0.2) is 0 Å². The SMILES string of the molecule is CC[C@@H](c1ccccc1C(N)=O)C1[C@@H]2CC(Nc3cc(Cl)ccc3[N+](=O)[O-])C[C@@H]12. The fourth-order valence-electron chi connectivity index (χ4n) is 5.35. The Bertz CT molecular complexity index is 952. The molecule has 0 spiro atoms. The Balaban J connectivity index is 1.46. The predicted octanol–water partition coefficient (Wildman–Crippen LogP) is 4.98. The van der Waals surface area contributed by atoms with Crippen molar-refractivity contribution in [2.45, 2.75) is 38.1 Å². The van der Waals surface area contributed by atoms with Crippen LogP contribution in [-0.2, 0) is 0 Å². The van der Waals surface area contributed by atoms with Gasteiger partial charge in [0.05, 0.1) is 4.92 Å². The number of fused-ring (bicyclic) bond motifs is 1. The zero-order chi connectivity index (χ0) is 20.7. The van der Waals surface area contributed by atoms with E-state index in [4.69, 9.17) is 17.3 Å². The number of nitro benzene ring substituents is 1. The zero-order valence-electron chi connectivity index (χ0n) is 16.2. The first-order valence-electron chi connectivity index (χ1n) is 9.99. The average molecular weight is 414 g/mol. The van der Waals surface area contributed by atoms with Gasteiger partial charge in [-0.3, -0.25) is 14.9 Å². The Morgan fingerprint density at radius 1 is 1.28 bits per heavy atom. The molecule has 3 N–H and O–H groups in total. The molecule has 0 radical (unpaired) electrons. The molecular weight excluding hydrogens is 390 g/mol. The summed E-state index contributed by atoms with van der Waals surface area (Å²) in [5.74, 6) is 1.61. The van der Waals surface area contributed by atoms with Crippen LogP contribution in [0.2, 0.25) is 5.02 Å². The molecule has 2 aromatic carbocycles. The van der Waals surface area contributed by atoms with E-state index in [1.165, 1.54) is 12.1 Å². The molecular formula is C22H24ClN3O3. The molecule has 0 heterocycles. The number of nitrogens with zero attached hydrogens (tertiary/aromatic N) is 1. The highest BCUT2D eigenvalue weighted by Crippen LogP contribution is 2.64. The molecule has 29 heavy (non-hydrogen) atoms. The number of carbonyl (C=O) groups excluding carboxylic acids is 1. The van der Waals surface area contributed by atoms with E-state index in [0.717, 1.165) is 24.8 Å². The molecule has 2 saturated carbocycles. The highest BCUT2D eigenvalue weighted by molar-refractivity contribution is 6.31. The third-order valence-electron chi connectivity index (χ3n) is 6.56. The molecule has 2 fully saturated rings. The molecule has 2 aliphatic rings. The van der Waals surface area contributed by atoms with Crippen LogP contribution in [0.5, 0.6) is 0 Å². The maximum absolute atomic E-state index is 11.8. The molecule has 0 aliphatic heterocycles. The lowest BCUT2D eigenvalue weighted by Gasteiger charge is -2.23. The van der Waals surface area contributed by atoms with Crippen LogP contribution in [0, 0.1) is 27.9 Å². The first kappa shape index (κ1) is 19.7. The topological polar surface area (TPSA) is 98.3 Å². The van der Waals surface area contributed by atoms with E-state index in [1.54, 1.807) is 12.1 Å². The van der Waals surface area contributed by atoms with Gasteiger partial charge in [0, 0.05) is 22.7 Å². The molecule has 0 unspecified atom stereocenters. The second-order valence-electron chi connectivity index (χ2n) is 8.10. The standard InChI is InChI=1S/C22H24ClN3O3/c1-2-14(15-5-3-4-6-16(15)22(24)27)21-17-10-13(11-18(17)21)25-19-9-12(23)7-8-20(19)26(28)29/h3-9,13-14,17-18,21,25H,2,10-11H2,1H3,(H2,24,27)/t13?,14-,17+,18+,21?/m0/s1. The minimum atomic E-state index is -0.384. The normalized spacial score (nSPS) is 24.0. The van der Waals surface area contributed by atoms with Gasteiger partial charge in [-0.1, -0.05) is 36.7 Å². The molecule has 4 rings (SSSR count). The summed E-state index contributed by atoms with van der Waals surface area (Å²) in [6.07, 6.45) is 2.89. The number of primary amides is 1. The Labute approximate surface area is 174 Å². The van der Waals surface area contributed by atoms with Crippen molar-refractivity contribution in [2.24, 2.45) is 23.5 Å². The summed E-state index contributed by atoms with van der Waals surface area (Å²) >= 11 is 6.04. The Kier molecular flexibility index (Phi) is 5.21. The highest BCUT2D eigenvalue weighted by atomic mass is 35.5. The summed E-state index contributed by atoms with van der Waals surface area (Å²) < 4.78 is 0. The van der Waals surface area contributed by atoms with Crippen molar-refractivity contribution < 1.29 is 9.72 Å². The Morgan fingerprint density at radius 2 is 1.97 bits per heavy atom. The van der Waals surface area contributed by atoms with Gasteiger partial charge in [0.15, 0.2) is 0 Å². The summed E-state index contributed by atoms with van der Waals surface area (Å²) in [5.41, 5.74) is 7.79. The van der Waals surface area contributed by atoms with Gasteiger partial charge in [0.2, 0.25) is 5.91 Å². The maximum atomic E-state index is 11.8. The van der Waals surface area contributed by atoms with Gasteiger partial charge in [-0.2, -0.15) is 0 Å². The summed E-state index contributed by atoms with van der Waals surface area (Å²) in [5, 5.41) is 15.1. The fourth-order valence-corrected chi connectivity index (χ4v) is 5.53. The van der Waals surface area contributed by atoms with Gasteiger partial charge in [-0.15, -0.1) is 0 Å². The lowest BCUT2D eigenvalue weighted by atomic mass is 9.84. The summed E-state index contributed by atoms with van der Waals surface area (Å²) in [6, 6.07) is 12.4. The first-order valence-corrected chi connectivity index (χ1v) is 10.4. The predicted molar refractivity (Wildman–Crippen MR) is 113 cm³/mol. The Morgan fingerprint density at radius 3 is 2.59 bits per heavy atom. The smallest absolute Gasteiger partial charge is 0.292 e. The summed E-state index contributed by atoms with van der Waals surface area (Å²) in [7, 11) is 0. The quantitative estimate of drug-likeness (QED) is 0.494. The van der Waals surface area contributed by atoms with Crippen molar-refractivity contribution in [3.63, 3.8) is 0 Å². The number of halogens is 1. The van der Waals surface area contributed by atoms with E-state index in [2.05, 4.69) is 12.2 Å². The largest absolute Gasteiger partial charge is 0.377 e.